The molecule has 2 heterocycles. The van der Waals surface area contributed by atoms with Crippen LogP contribution in [0.4, 0.5) is 5.69 Å². The number of hydrogen-bond acceptors (Lipinski definition) is 3. The Kier molecular flexibility index (Phi) is 3.42. The molecule has 4 nitrogen and oxygen atoms in total. The van der Waals surface area contributed by atoms with Gasteiger partial charge in [0.15, 0.2) is 0 Å². The van der Waals surface area contributed by atoms with Crippen LogP contribution in [0.1, 0.15) is 35.2 Å². The topological polar surface area (TPSA) is 62.2 Å². The van der Waals surface area contributed by atoms with Gasteiger partial charge in [-0.15, -0.1) is 0 Å². The van der Waals surface area contributed by atoms with Crippen LogP contribution in [0.2, 0.25) is 0 Å². The van der Waals surface area contributed by atoms with E-state index in [1.165, 1.54) is 11.1 Å². The second kappa shape index (κ2) is 5.46. The summed E-state index contributed by atoms with van der Waals surface area (Å²) in [7, 11) is 0. The molecule has 23 heavy (non-hydrogen) atoms. The van der Waals surface area contributed by atoms with Gasteiger partial charge in [0.25, 0.3) is 0 Å². The van der Waals surface area contributed by atoms with E-state index in [4.69, 9.17) is 5.11 Å². The van der Waals surface area contributed by atoms with E-state index < -0.39 is 5.41 Å². The maximum atomic E-state index is 12.7. The lowest BCUT2D eigenvalue weighted by Crippen LogP contribution is -2.35. The normalized spacial score (nSPS) is 21.3. The summed E-state index contributed by atoms with van der Waals surface area (Å²) in [6.07, 6.45) is 6.04. The molecular weight excluding hydrogens is 288 g/mol. The van der Waals surface area contributed by atoms with E-state index in [1.807, 2.05) is 24.4 Å². The van der Waals surface area contributed by atoms with Gasteiger partial charge in [0.1, 0.15) is 0 Å². The van der Waals surface area contributed by atoms with Gasteiger partial charge >= 0.3 is 0 Å². The molecule has 1 unspecified atom stereocenters. The first-order valence-corrected chi connectivity index (χ1v) is 8.21. The summed E-state index contributed by atoms with van der Waals surface area (Å²) in [5, 5.41) is 11.9. The molecule has 1 aromatic carbocycles. The number of amides is 1. The van der Waals surface area contributed by atoms with Crippen molar-refractivity contribution < 1.29 is 9.90 Å². The van der Waals surface area contributed by atoms with Gasteiger partial charge in [0.05, 0.1) is 5.41 Å². The molecule has 1 spiro atoms. The first kappa shape index (κ1) is 14.4. The van der Waals surface area contributed by atoms with Crippen molar-refractivity contribution in [2.24, 2.45) is 0 Å². The predicted molar refractivity (Wildman–Crippen MR) is 88.4 cm³/mol. The number of hydrogen-bond donors (Lipinski definition) is 2. The molecule has 1 aliphatic heterocycles. The number of unbranched alkanes of at least 4 members (excludes halogenated alkanes) is 1. The van der Waals surface area contributed by atoms with E-state index in [1.54, 1.807) is 0 Å². The third-order valence-corrected chi connectivity index (χ3v) is 5.09. The summed E-state index contributed by atoms with van der Waals surface area (Å²) in [6.45, 7) is 0.227. The number of carbonyl (C=O) groups is 1. The van der Waals surface area contributed by atoms with Crippen molar-refractivity contribution in [3.63, 3.8) is 0 Å². The van der Waals surface area contributed by atoms with E-state index in [0.717, 1.165) is 49.0 Å². The molecule has 0 bridgehead atoms. The Balaban J connectivity index is 1.64. The number of nitrogens with one attached hydrogen (secondary N) is 1. The van der Waals surface area contributed by atoms with Gasteiger partial charge in [-0.25, -0.2) is 0 Å². The maximum absolute atomic E-state index is 12.7. The first-order chi connectivity index (χ1) is 11.2. The number of carbonyl (C=O) groups excluding carboxylic acids is 1. The lowest BCUT2D eigenvalue weighted by molar-refractivity contribution is -0.120. The summed E-state index contributed by atoms with van der Waals surface area (Å²) in [5.41, 5.74) is 5.09. The van der Waals surface area contributed by atoms with Gasteiger partial charge in [-0.1, -0.05) is 18.2 Å². The van der Waals surface area contributed by atoms with E-state index >= 15 is 0 Å². The van der Waals surface area contributed by atoms with E-state index in [-0.39, 0.29) is 12.5 Å². The van der Waals surface area contributed by atoms with Crippen LogP contribution in [0, 0.1) is 0 Å². The quantitative estimate of drug-likeness (QED) is 0.853. The Hall–Kier alpha value is -2.20. The van der Waals surface area contributed by atoms with Gasteiger partial charge < -0.3 is 10.4 Å². The zero-order chi connectivity index (χ0) is 15.9. The molecule has 1 aliphatic carbocycles. The Morgan fingerprint density at radius 2 is 2.00 bits per heavy atom. The number of benzene rings is 1. The zero-order valence-corrected chi connectivity index (χ0v) is 13.0. The van der Waals surface area contributed by atoms with Gasteiger partial charge in [-0.3, -0.25) is 9.78 Å². The van der Waals surface area contributed by atoms with Crippen molar-refractivity contribution >= 4 is 11.6 Å². The highest BCUT2D eigenvalue weighted by Crippen LogP contribution is 2.47. The van der Waals surface area contributed by atoms with Crippen LogP contribution >= 0.6 is 0 Å². The maximum Gasteiger partial charge on any atom is 0.235 e. The van der Waals surface area contributed by atoms with Crippen LogP contribution in [0.3, 0.4) is 0 Å². The molecule has 4 heteroatoms. The van der Waals surface area contributed by atoms with E-state index in [9.17, 15) is 4.79 Å². The van der Waals surface area contributed by atoms with Crippen molar-refractivity contribution in [2.45, 2.75) is 37.5 Å². The first-order valence-electron chi connectivity index (χ1n) is 8.21. The molecule has 0 radical (unpaired) electrons. The molecule has 0 saturated carbocycles. The molecule has 1 atom stereocenters. The number of fused-ring (bicyclic) bond motifs is 3. The number of anilines is 1. The average Bonchev–Trinajstić information content (AvgIpc) is 3.07. The molecule has 1 amide bonds. The van der Waals surface area contributed by atoms with Gasteiger partial charge in [0.2, 0.25) is 5.91 Å². The molecule has 1 aromatic heterocycles. The molecule has 0 saturated heterocycles. The van der Waals surface area contributed by atoms with Crippen molar-refractivity contribution in [1.29, 1.82) is 0 Å². The average molecular weight is 308 g/mol. The Bertz CT molecular complexity index is 772. The van der Waals surface area contributed by atoms with Crippen molar-refractivity contribution in [1.82, 2.24) is 4.98 Å². The monoisotopic (exact) mass is 308 g/mol. The number of rotatable bonds is 4. The van der Waals surface area contributed by atoms with Crippen LogP contribution in [-0.4, -0.2) is 22.6 Å². The third kappa shape index (κ3) is 2.25. The Morgan fingerprint density at radius 1 is 1.17 bits per heavy atom. The largest absolute Gasteiger partial charge is 0.396 e. The van der Waals surface area contributed by atoms with Crippen molar-refractivity contribution in [3.05, 3.63) is 58.9 Å². The fraction of sp³-hybridized carbons (Fsp3) is 0.368. The molecule has 2 N–H and O–H groups in total. The lowest BCUT2D eigenvalue weighted by Gasteiger charge is -2.20. The van der Waals surface area contributed by atoms with Crippen LogP contribution in [0.15, 0.2) is 36.5 Å². The van der Waals surface area contributed by atoms with Crippen LogP contribution < -0.4 is 5.32 Å². The summed E-state index contributed by atoms with van der Waals surface area (Å²) in [5.74, 6) is 0.108. The van der Waals surface area contributed by atoms with Gasteiger partial charge in [-0.2, -0.15) is 0 Å². The van der Waals surface area contributed by atoms with E-state index in [0.29, 0.717) is 0 Å². The molecule has 2 aromatic rings. The minimum Gasteiger partial charge on any atom is -0.396 e. The second-order valence-electron chi connectivity index (χ2n) is 6.56. The molecule has 118 valence electrons. The summed E-state index contributed by atoms with van der Waals surface area (Å²) in [6, 6.07) is 10.2. The Labute approximate surface area is 135 Å². The second-order valence-corrected chi connectivity index (χ2v) is 6.56. The lowest BCUT2D eigenvalue weighted by atomic mass is 9.79. The minimum absolute atomic E-state index is 0.108. The zero-order valence-electron chi connectivity index (χ0n) is 13.0. The number of aliphatic hydroxyl groups is 1. The highest BCUT2D eigenvalue weighted by Gasteiger charge is 2.50. The predicted octanol–water partition coefficient (Wildman–Crippen LogP) is 2.39. The number of pyridine rings is 1. The molecular formula is C19H20N2O2. The van der Waals surface area contributed by atoms with Gasteiger partial charge in [-0.05, 0) is 60.9 Å². The van der Waals surface area contributed by atoms with Crippen molar-refractivity contribution in [2.75, 3.05) is 11.9 Å². The standard InChI is InChI=1S/C19H20N2O2/c22-8-4-3-5-15-9-13-10-19(11-14(13)12-20-15)16-6-1-2-7-17(16)21-18(19)23/h1-2,6-7,9,12,22H,3-5,8,10-11H2,(H,21,23). The van der Waals surface area contributed by atoms with Gasteiger partial charge in [0, 0.05) is 24.2 Å². The highest BCUT2D eigenvalue weighted by atomic mass is 16.2. The third-order valence-electron chi connectivity index (χ3n) is 5.09. The summed E-state index contributed by atoms with van der Waals surface area (Å²) < 4.78 is 0. The molecule has 0 fully saturated rings. The fourth-order valence-electron chi connectivity index (χ4n) is 3.89. The fourth-order valence-corrected chi connectivity index (χ4v) is 3.89. The van der Waals surface area contributed by atoms with Crippen LogP contribution in [-0.2, 0) is 29.5 Å². The highest BCUT2D eigenvalue weighted by molar-refractivity contribution is 6.07. The smallest absolute Gasteiger partial charge is 0.235 e. The number of aryl methyl sites for hydroxylation is 1. The Morgan fingerprint density at radius 3 is 2.87 bits per heavy atom. The number of para-hydroxylation sites is 1. The minimum atomic E-state index is -0.454. The van der Waals surface area contributed by atoms with Crippen molar-refractivity contribution in [3.8, 4) is 0 Å². The number of aromatic nitrogens is 1. The molecule has 2 aliphatic rings. The summed E-state index contributed by atoms with van der Waals surface area (Å²) >= 11 is 0. The summed E-state index contributed by atoms with van der Waals surface area (Å²) in [4.78, 5) is 17.2. The molecule has 4 rings (SSSR count). The number of aliphatic hydroxyl groups excluding tert-OH is 1. The van der Waals surface area contributed by atoms with Crippen LogP contribution in [0.5, 0.6) is 0 Å². The number of nitrogens with zero attached hydrogens (tertiary/aromatic N) is 1. The van der Waals surface area contributed by atoms with Crippen LogP contribution in [0.25, 0.3) is 0 Å². The SMILES string of the molecule is O=C1Nc2ccccc2C12Cc1cnc(CCCCO)cc1C2. The van der Waals surface area contributed by atoms with E-state index in [2.05, 4.69) is 22.4 Å².